The Bertz CT molecular complexity index is 1140. The van der Waals surface area contributed by atoms with Gasteiger partial charge < -0.3 is 19.4 Å². The van der Waals surface area contributed by atoms with Gasteiger partial charge in [0.15, 0.2) is 5.75 Å². The predicted molar refractivity (Wildman–Crippen MR) is 141 cm³/mol. The number of pyridine rings is 1. The summed E-state index contributed by atoms with van der Waals surface area (Å²) in [6.07, 6.45) is 9.96. The second kappa shape index (κ2) is 14.1. The van der Waals surface area contributed by atoms with Crippen LogP contribution in [-0.2, 0) is 16.1 Å². The Labute approximate surface area is 207 Å². The molecule has 1 N–H and O–H groups in total. The topological polar surface area (TPSA) is 86.6 Å². The fourth-order valence-corrected chi connectivity index (χ4v) is 3.85. The number of benzene rings is 1. The molecule has 0 saturated heterocycles. The molecule has 7 heteroatoms. The Hall–Kier alpha value is -3.35. The van der Waals surface area contributed by atoms with Gasteiger partial charge in [-0.1, -0.05) is 43.4 Å². The highest BCUT2D eigenvalue weighted by atomic mass is 16.5. The molecule has 1 aromatic heterocycles. The molecule has 0 atom stereocenters. The monoisotopic (exact) mass is 482 g/mol. The molecule has 0 fully saturated rings. The van der Waals surface area contributed by atoms with Crippen molar-refractivity contribution in [1.29, 1.82) is 0 Å². The van der Waals surface area contributed by atoms with Crippen molar-refractivity contribution in [3.05, 3.63) is 51.9 Å². The lowest BCUT2D eigenvalue weighted by atomic mass is 10.1. The van der Waals surface area contributed by atoms with Gasteiger partial charge in [-0.05, 0) is 64.3 Å². The smallest absolute Gasteiger partial charge is 0.298 e. The number of amides is 1. The van der Waals surface area contributed by atoms with Crippen LogP contribution in [0, 0.1) is 0 Å². The highest BCUT2D eigenvalue weighted by Crippen LogP contribution is 2.34. The third kappa shape index (κ3) is 8.42. The second-order valence-corrected chi connectivity index (χ2v) is 8.98. The van der Waals surface area contributed by atoms with Crippen LogP contribution in [0.4, 0.5) is 5.69 Å². The number of carbonyl (C=O) groups excluding carboxylic acids is 2. The first kappa shape index (κ1) is 27.9. The van der Waals surface area contributed by atoms with Crippen LogP contribution in [0.3, 0.4) is 0 Å². The summed E-state index contributed by atoms with van der Waals surface area (Å²) in [5.41, 5.74) is 3.22. The third-order valence-electron chi connectivity index (χ3n) is 5.65. The number of nitrogens with zero attached hydrogens (tertiary/aromatic N) is 1. The van der Waals surface area contributed by atoms with Crippen molar-refractivity contribution in [1.82, 2.24) is 4.57 Å². The van der Waals surface area contributed by atoms with Gasteiger partial charge in [0.05, 0.1) is 5.52 Å². The van der Waals surface area contributed by atoms with Crippen molar-refractivity contribution in [3.8, 4) is 11.5 Å². The molecular formula is C28H38N2O5. The van der Waals surface area contributed by atoms with Gasteiger partial charge in [0, 0.05) is 24.5 Å². The van der Waals surface area contributed by atoms with E-state index in [2.05, 4.69) is 32.2 Å². The number of rotatable bonds is 14. The van der Waals surface area contributed by atoms with E-state index in [-0.39, 0.29) is 30.5 Å². The summed E-state index contributed by atoms with van der Waals surface area (Å²) >= 11 is 0. The van der Waals surface area contributed by atoms with Gasteiger partial charge in [-0.25, -0.2) is 0 Å². The van der Waals surface area contributed by atoms with Crippen LogP contribution in [-0.4, -0.2) is 23.6 Å². The number of anilines is 1. The zero-order chi connectivity index (χ0) is 25.8. The van der Waals surface area contributed by atoms with Crippen molar-refractivity contribution in [2.75, 3.05) is 11.9 Å². The maximum absolute atomic E-state index is 13.4. The van der Waals surface area contributed by atoms with E-state index in [9.17, 15) is 14.4 Å². The predicted octanol–water partition coefficient (Wildman–Crippen LogP) is 6.15. The minimum Gasteiger partial charge on any atom is -0.485 e. The van der Waals surface area contributed by atoms with Gasteiger partial charge in [-0.15, -0.1) is 0 Å². The van der Waals surface area contributed by atoms with Gasteiger partial charge in [-0.2, -0.15) is 0 Å². The molecule has 0 bridgehead atoms. The molecule has 1 aromatic carbocycles. The van der Waals surface area contributed by atoms with Crippen LogP contribution >= 0.6 is 0 Å². The average Bonchev–Trinajstić information content (AvgIpc) is 2.79. The standard InChI is InChI=1S/C28H38N2O5/c1-6-7-8-9-16-30-25-18-23(29-22(5)32)13-14-24(25)26(27(28(30)33)35-19-31)34-17-15-21(4)12-10-11-20(2)3/h11,13-15,18-19H,6-10,12,16-17H2,1-5H3,(H,29,32). The van der Waals surface area contributed by atoms with Gasteiger partial charge in [-0.3, -0.25) is 14.4 Å². The van der Waals surface area contributed by atoms with Gasteiger partial charge in [0.2, 0.25) is 11.7 Å². The molecule has 2 rings (SSSR count). The summed E-state index contributed by atoms with van der Waals surface area (Å²) in [5, 5.41) is 3.41. The fraction of sp³-hybridized carbons (Fsp3) is 0.464. The SMILES string of the molecule is CCCCCCn1c(=O)c(OC=O)c(OCC=C(C)CCC=C(C)C)c2ccc(NC(C)=O)cc21. The molecular weight excluding hydrogens is 444 g/mol. The van der Waals surface area contributed by atoms with Crippen molar-refractivity contribution in [3.63, 3.8) is 0 Å². The zero-order valence-electron chi connectivity index (χ0n) is 21.6. The lowest BCUT2D eigenvalue weighted by Crippen LogP contribution is -2.24. The van der Waals surface area contributed by atoms with E-state index in [1.807, 2.05) is 13.0 Å². The highest BCUT2D eigenvalue weighted by molar-refractivity contribution is 5.95. The number of unbranched alkanes of at least 4 members (excludes halogenated alkanes) is 3. The van der Waals surface area contributed by atoms with E-state index in [1.54, 1.807) is 22.8 Å². The minimum absolute atomic E-state index is 0.120. The molecule has 1 amide bonds. The Morgan fingerprint density at radius 1 is 1.06 bits per heavy atom. The van der Waals surface area contributed by atoms with Gasteiger partial charge in [0.25, 0.3) is 12.0 Å². The molecule has 2 aromatic rings. The molecule has 0 unspecified atom stereocenters. The average molecular weight is 483 g/mol. The molecule has 35 heavy (non-hydrogen) atoms. The number of nitrogens with one attached hydrogen (secondary N) is 1. The molecule has 0 radical (unpaired) electrons. The lowest BCUT2D eigenvalue weighted by Gasteiger charge is -2.18. The Morgan fingerprint density at radius 3 is 2.49 bits per heavy atom. The van der Waals surface area contributed by atoms with E-state index in [0.717, 1.165) is 38.5 Å². The second-order valence-electron chi connectivity index (χ2n) is 8.98. The first-order valence-electron chi connectivity index (χ1n) is 12.3. The Balaban J connectivity index is 2.49. The lowest BCUT2D eigenvalue weighted by molar-refractivity contribution is -0.121. The molecule has 190 valence electrons. The summed E-state index contributed by atoms with van der Waals surface area (Å²) in [6.45, 7) is 10.7. The molecule has 0 aliphatic heterocycles. The number of hydrogen-bond acceptors (Lipinski definition) is 5. The van der Waals surface area contributed by atoms with Crippen molar-refractivity contribution in [2.45, 2.75) is 79.7 Å². The molecule has 7 nitrogen and oxygen atoms in total. The largest absolute Gasteiger partial charge is 0.485 e. The van der Waals surface area contributed by atoms with E-state index in [0.29, 0.717) is 23.1 Å². The Morgan fingerprint density at radius 2 is 1.83 bits per heavy atom. The number of hydrogen-bond donors (Lipinski definition) is 1. The van der Waals surface area contributed by atoms with Crippen LogP contribution in [0.5, 0.6) is 11.5 Å². The Kier molecular flexibility index (Phi) is 11.3. The third-order valence-corrected chi connectivity index (χ3v) is 5.65. The summed E-state index contributed by atoms with van der Waals surface area (Å²) in [6, 6.07) is 5.28. The van der Waals surface area contributed by atoms with Crippen molar-refractivity contribution in [2.24, 2.45) is 0 Å². The minimum atomic E-state index is -0.430. The molecule has 0 aliphatic rings. The summed E-state index contributed by atoms with van der Waals surface area (Å²) in [7, 11) is 0. The normalized spacial score (nSPS) is 11.3. The number of aryl methyl sites for hydroxylation is 1. The molecule has 0 saturated carbocycles. The molecule has 0 spiro atoms. The van der Waals surface area contributed by atoms with E-state index < -0.39 is 5.56 Å². The van der Waals surface area contributed by atoms with Crippen LogP contribution in [0.1, 0.15) is 73.1 Å². The molecule has 0 aliphatic carbocycles. The maximum atomic E-state index is 13.4. The number of ether oxygens (including phenoxy) is 2. The first-order valence-corrected chi connectivity index (χ1v) is 12.3. The van der Waals surface area contributed by atoms with E-state index in [1.165, 1.54) is 18.1 Å². The number of fused-ring (bicyclic) bond motifs is 1. The van der Waals surface area contributed by atoms with Gasteiger partial charge in [0.1, 0.15) is 6.61 Å². The quantitative estimate of drug-likeness (QED) is 0.198. The first-order chi connectivity index (χ1) is 16.8. The van der Waals surface area contributed by atoms with Crippen molar-refractivity contribution >= 4 is 29.0 Å². The van der Waals surface area contributed by atoms with Crippen molar-refractivity contribution < 1.29 is 19.1 Å². The molecule has 1 heterocycles. The maximum Gasteiger partial charge on any atom is 0.298 e. The van der Waals surface area contributed by atoms with Crippen LogP contribution in [0.2, 0.25) is 0 Å². The summed E-state index contributed by atoms with van der Waals surface area (Å²) in [4.78, 5) is 36.2. The number of carbonyl (C=O) groups is 2. The van der Waals surface area contributed by atoms with Crippen LogP contribution in [0.15, 0.2) is 46.3 Å². The number of aromatic nitrogens is 1. The van der Waals surface area contributed by atoms with E-state index >= 15 is 0 Å². The van der Waals surface area contributed by atoms with Crippen LogP contribution in [0.25, 0.3) is 10.9 Å². The van der Waals surface area contributed by atoms with Crippen LogP contribution < -0.4 is 20.3 Å². The fourth-order valence-electron chi connectivity index (χ4n) is 3.85. The summed E-state index contributed by atoms with van der Waals surface area (Å²) < 4.78 is 12.8. The number of allylic oxidation sites excluding steroid dienone is 3. The van der Waals surface area contributed by atoms with Gasteiger partial charge >= 0.3 is 0 Å². The van der Waals surface area contributed by atoms with E-state index in [4.69, 9.17) is 9.47 Å². The zero-order valence-corrected chi connectivity index (χ0v) is 21.6. The summed E-state index contributed by atoms with van der Waals surface area (Å²) in [5.74, 6) is -0.0946. The highest BCUT2D eigenvalue weighted by Gasteiger charge is 2.20.